The number of nitrogens with zero attached hydrogens (tertiary/aromatic N) is 2. The zero-order valence-corrected chi connectivity index (χ0v) is 12.2. The number of carbonyl (C=O) groups excluding carboxylic acids is 2. The standard InChI is InChI=1S/C14H22N2O3/c1-11(17)10-14(15-5)6-8-16(9-7-14)12(18)19-13(2,3)4/h6-10H2,1-4H3. The van der Waals surface area contributed by atoms with Crippen LogP contribution in [0, 0.1) is 6.57 Å². The molecular formula is C14H22N2O3. The Hall–Kier alpha value is -1.57. The fourth-order valence-corrected chi connectivity index (χ4v) is 2.22. The van der Waals surface area contributed by atoms with Crippen molar-refractivity contribution in [1.29, 1.82) is 0 Å². The Bertz CT molecular complexity index is 396. The third-order valence-corrected chi connectivity index (χ3v) is 3.16. The van der Waals surface area contributed by atoms with Gasteiger partial charge in [-0.25, -0.2) is 11.4 Å². The Morgan fingerprint density at radius 1 is 1.32 bits per heavy atom. The molecule has 1 saturated heterocycles. The summed E-state index contributed by atoms with van der Waals surface area (Å²) in [6.45, 7) is 15.2. The molecule has 0 radical (unpaired) electrons. The van der Waals surface area contributed by atoms with E-state index in [0.717, 1.165) is 0 Å². The van der Waals surface area contributed by atoms with Crippen LogP contribution in [0.15, 0.2) is 0 Å². The average Bonchev–Trinajstić information content (AvgIpc) is 2.26. The molecule has 1 fully saturated rings. The van der Waals surface area contributed by atoms with E-state index >= 15 is 0 Å². The van der Waals surface area contributed by atoms with Crippen molar-refractivity contribution < 1.29 is 14.3 Å². The summed E-state index contributed by atoms with van der Waals surface area (Å²) in [7, 11) is 0. The van der Waals surface area contributed by atoms with Gasteiger partial charge in [0.1, 0.15) is 11.4 Å². The van der Waals surface area contributed by atoms with E-state index in [-0.39, 0.29) is 18.3 Å². The van der Waals surface area contributed by atoms with Crippen LogP contribution in [0.2, 0.25) is 0 Å². The van der Waals surface area contributed by atoms with Gasteiger partial charge in [0.2, 0.25) is 5.54 Å². The molecule has 0 bridgehead atoms. The molecule has 0 aromatic heterocycles. The van der Waals surface area contributed by atoms with Crippen LogP contribution in [-0.2, 0) is 9.53 Å². The highest BCUT2D eigenvalue weighted by atomic mass is 16.6. The van der Waals surface area contributed by atoms with Crippen molar-refractivity contribution in [2.75, 3.05) is 13.1 Å². The first kappa shape index (κ1) is 15.5. The van der Waals surface area contributed by atoms with Crippen LogP contribution in [-0.4, -0.2) is 41.0 Å². The van der Waals surface area contributed by atoms with Crippen molar-refractivity contribution in [3.63, 3.8) is 0 Å². The molecule has 106 valence electrons. The number of carbonyl (C=O) groups is 2. The minimum Gasteiger partial charge on any atom is -0.444 e. The molecule has 0 atom stereocenters. The third-order valence-electron chi connectivity index (χ3n) is 3.16. The number of hydrogen-bond donors (Lipinski definition) is 0. The number of ether oxygens (including phenoxy) is 1. The summed E-state index contributed by atoms with van der Waals surface area (Å²) >= 11 is 0. The van der Waals surface area contributed by atoms with Gasteiger partial charge in [-0.3, -0.25) is 4.79 Å². The molecule has 0 aliphatic carbocycles. The van der Waals surface area contributed by atoms with E-state index in [1.165, 1.54) is 6.92 Å². The van der Waals surface area contributed by atoms with Gasteiger partial charge in [0.05, 0.1) is 6.42 Å². The van der Waals surface area contributed by atoms with Crippen molar-refractivity contribution in [3.05, 3.63) is 11.4 Å². The molecule has 0 saturated carbocycles. The molecule has 1 amide bonds. The van der Waals surface area contributed by atoms with Gasteiger partial charge in [0.15, 0.2) is 0 Å². The summed E-state index contributed by atoms with van der Waals surface area (Å²) in [5.41, 5.74) is -1.13. The minimum absolute atomic E-state index is 0.0294. The molecule has 1 aliphatic heterocycles. The number of rotatable bonds is 2. The van der Waals surface area contributed by atoms with E-state index in [1.54, 1.807) is 4.90 Å². The third kappa shape index (κ3) is 4.55. The number of likely N-dealkylation sites (tertiary alicyclic amines) is 1. The quantitative estimate of drug-likeness (QED) is 0.722. The lowest BCUT2D eigenvalue weighted by Gasteiger charge is -2.34. The Morgan fingerprint density at radius 2 is 1.84 bits per heavy atom. The number of piperidine rings is 1. The second-order valence-corrected chi connectivity index (χ2v) is 6.18. The van der Waals surface area contributed by atoms with Crippen LogP contribution >= 0.6 is 0 Å². The molecule has 1 aliphatic rings. The predicted octanol–water partition coefficient (Wildman–Crippen LogP) is 2.65. The van der Waals surface area contributed by atoms with Crippen LogP contribution in [0.1, 0.15) is 47.0 Å². The van der Waals surface area contributed by atoms with Gasteiger partial charge >= 0.3 is 6.09 Å². The number of Topliss-reactive ketones (excluding diaryl/α,β-unsaturated/α-hetero) is 1. The number of ketones is 1. The molecule has 0 unspecified atom stereocenters. The highest BCUT2D eigenvalue weighted by Crippen LogP contribution is 2.30. The van der Waals surface area contributed by atoms with Gasteiger partial charge in [-0.2, -0.15) is 0 Å². The van der Waals surface area contributed by atoms with E-state index in [0.29, 0.717) is 25.9 Å². The average molecular weight is 266 g/mol. The molecule has 0 N–H and O–H groups in total. The Morgan fingerprint density at radius 3 is 2.21 bits per heavy atom. The lowest BCUT2D eigenvalue weighted by Crippen LogP contribution is -2.47. The van der Waals surface area contributed by atoms with E-state index in [1.807, 2.05) is 20.8 Å². The molecule has 1 heterocycles. The van der Waals surface area contributed by atoms with Crippen LogP contribution < -0.4 is 0 Å². The van der Waals surface area contributed by atoms with E-state index < -0.39 is 11.1 Å². The Kier molecular flexibility index (Phi) is 4.56. The SMILES string of the molecule is [C-]#[N+]C1(CC(C)=O)CCN(C(=O)OC(C)(C)C)CC1. The van der Waals surface area contributed by atoms with Crippen LogP contribution in [0.5, 0.6) is 0 Å². The van der Waals surface area contributed by atoms with E-state index in [4.69, 9.17) is 11.3 Å². The minimum atomic E-state index is -0.621. The van der Waals surface area contributed by atoms with E-state index in [2.05, 4.69) is 4.85 Å². The summed E-state index contributed by atoms with van der Waals surface area (Å²) in [5.74, 6) is 0.0294. The lowest BCUT2D eigenvalue weighted by molar-refractivity contribution is -0.118. The first-order chi connectivity index (χ1) is 8.67. The molecule has 19 heavy (non-hydrogen) atoms. The van der Waals surface area contributed by atoms with Gasteiger partial charge in [-0.05, 0) is 27.7 Å². The normalized spacial score (nSPS) is 18.6. The Labute approximate surface area is 114 Å². The molecule has 0 aromatic carbocycles. The van der Waals surface area contributed by atoms with Gasteiger partial charge in [-0.15, -0.1) is 0 Å². The zero-order valence-electron chi connectivity index (χ0n) is 12.2. The predicted molar refractivity (Wildman–Crippen MR) is 71.7 cm³/mol. The zero-order chi connectivity index (χ0) is 14.7. The number of amides is 1. The maximum absolute atomic E-state index is 11.9. The smallest absolute Gasteiger partial charge is 0.410 e. The first-order valence-corrected chi connectivity index (χ1v) is 6.53. The monoisotopic (exact) mass is 266 g/mol. The second kappa shape index (κ2) is 5.60. The summed E-state index contributed by atoms with van der Waals surface area (Å²) in [4.78, 5) is 28.4. The Balaban J connectivity index is 2.59. The van der Waals surface area contributed by atoms with Crippen molar-refractivity contribution in [2.24, 2.45) is 0 Å². The van der Waals surface area contributed by atoms with Crippen molar-refractivity contribution in [1.82, 2.24) is 4.90 Å². The fraction of sp³-hybridized carbons (Fsp3) is 0.786. The molecule has 0 spiro atoms. The number of hydrogen-bond acceptors (Lipinski definition) is 3. The van der Waals surface area contributed by atoms with Crippen molar-refractivity contribution in [2.45, 2.75) is 58.1 Å². The van der Waals surface area contributed by atoms with Gasteiger partial charge in [0.25, 0.3) is 0 Å². The molecular weight excluding hydrogens is 244 g/mol. The summed E-state index contributed by atoms with van der Waals surface area (Å²) in [5, 5.41) is 0. The van der Waals surface area contributed by atoms with Crippen LogP contribution in [0.3, 0.4) is 0 Å². The molecule has 5 heteroatoms. The maximum Gasteiger partial charge on any atom is 0.410 e. The molecule has 5 nitrogen and oxygen atoms in total. The van der Waals surface area contributed by atoms with Crippen molar-refractivity contribution in [3.8, 4) is 0 Å². The largest absolute Gasteiger partial charge is 0.444 e. The van der Waals surface area contributed by atoms with Gasteiger partial charge < -0.3 is 14.5 Å². The fourth-order valence-electron chi connectivity index (χ4n) is 2.22. The van der Waals surface area contributed by atoms with Gasteiger partial charge in [0, 0.05) is 25.9 Å². The van der Waals surface area contributed by atoms with Crippen LogP contribution in [0.25, 0.3) is 4.85 Å². The van der Waals surface area contributed by atoms with Crippen molar-refractivity contribution >= 4 is 11.9 Å². The summed E-state index contributed by atoms with van der Waals surface area (Å²) in [6, 6.07) is 0. The molecule has 0 aromatic rings. The second-order valence-electron chi connectivity index (χ2n) is 6.18. The summed E-state index contributed by atoms with van der Waals surface area (Å²) in [6.07, 6.45) is 1.01. The first-order valence-electron chi connectivity index (χ1n) is 6.53. The maximum atomic E-state index is 11.9. The van der Waals surface area contributed by atoms with Gasteiger partial charge in [-0.1, -0.05) is 0 Å². The topological polar surface area (TPSA) is 51.0 Å². The highest BCUT2D eigenvalue weighted by molar-refractivity contribution is 5.77. The highest BCUT2D eigenvalue weighted by Gasteiger charge is 2.43. The van der Waals surface area contributed by atoms with E-state index in [9.17, 15) is 9.59 Å². The molecule has 1 rings (SSSR count). The lowest BCUT2D eigenvalue weighted by atomic mass is 9.84. The van der Waals surface area contributed by atoms with Crippen LogP contribution in [0.4, 0.5) is 4.79 Å². The summed E-state index contributed by atoms with van der Waals surface area (Å²) < 4.78 is 5.30.